The van der Waals surface area contributed by atoms with E-state index >= 15 is 0 Å². The molecular formula is C17H22N2O5. The van der Waals surface area contributed by atoms with Crippen molar-refractivity contribution in [2.45, 2.75) is 25.9 Å². The molecule has 1 rings (SSSR count). The van der Waals surface area contributed by atoms with Crippen molar-refractivity contribution in [2.75, 3.05) is 13.7 Å². The number of ether oxygens (including phenoxy) is 2. The minimum absolute atomic E-state index is 0.189. The molecule has 1 aliphatic rings. The highest BCUT2D eigenvalue weighted by atomic mass is 16.6. The summed E-state index contributed by atoms with van der Waals surface area (Å²) in [4.78, 5) is 33.3. The molecule has 1 atom stereocenters. The third-order valence-electron chi connectivity index (χ3n) is 3.12. The van der Waals surface area contributed by atoms with Gasteiger partial charge in [0.25, 0.3) is 0 Å². The maximum atomic E-state index is 11.5. The molecule has 0 aromatic rings. The molecule has 0 spiro atoms. The number of amides is 2. The molecule has 0 aliphatic carbocycles. The number of esters is 1. The number of allylic oxidation sites excluding steroid dienone is 4. The lowest BCUT2D eigenvalue weighted by molar-refractivity contribution is -0.149. The average molecular weight is 334 g/mol. The molecule has 0 fully saturated rings. The van der Waals surface area contributed by atoms with Gasteiger partial charge in [-0.25, -0.2) is 4.79 Å². The molecule has 0 unspecified atom stereocenters. The number of primary amides is 1. The second-order valence-electron chi connectivity index (χ2n) is 5.12. The fourth-order valence-corrected chi connectivity index (χ4v) is 1.86. The fourth-order valence-electron chi connectivity index (χ4n) is 1.86. The van der Waals surface area contributed by atoms with E-state index in [0.717, 1.165) is 5.57 Å². The number of methoxy groups -OCH3 is 1. The van der Waals surface area contributed by atoms with Gasteiger partial charge >= 0.3 is 5.97 Å². The summed E-state index contributed by atoms with van der Waals surface area (Å²) in [7, 11) is 1.43. The number of cyclic esters (lactones) is 1. The highest BCUT2D eigenvalue weighted by Gasteiger charge is 2.22. The van der Waals surface area contributed by atoms with E-state index in [-0.39, 0.29) is 18.4 Å². The van der Waals surface area contributed by atoms with Crippen LogP contribution in [0.3, 0.4) is 0 Å². The van der Waals surface area contributed by atoms with Gasteiger partial charge in [-0.2, -0.15) is 0 Å². The van der Waals surface area contributed by atoms with Crippen molar-refractivity contribution in [3.8, 4) is 0 Å². The highest BCUT2D eigenvalue weighted by molar-refractivity contribution is 5.91. The molecule has 24 heavy (non-hydrogen) atoms. The van der Waals surface area contributed by atoms with E-state index in [0.29, 0.717) is 12.8 Å². The Morgan fingerprint density at radius 1 is 1.42 bits per heavy atom. The highest BCUT2D eigenvalue weighted by Crippen LogP contribution is 2.18. The third kappa shape index (κ3) is 7.44. The van der Waals surface area contributed by atoms with Crippen LogP contribution < -0.4 is 11.1 Å². The lowest BCUT2D eigenvalue weighted by Gasteiger charge is -2.20. The molecule has 3 N–H and O–H groups in total. The maximum Gasteiger partial charge on any atom is 0.373 e. The summed E-state index contributed by atoms with van der Waals surface area (Å²) in [5.41, 5.74) is 5.88. The zero-order valence-corrected chi connectivity index (χ0v) is 13.8. The number of nitrogens with one attached hydrogen (secondary N) is 1. The van der Waals surface area contributed by atoms with Gasteiger partial charge in [0, 0.05) is 18.9 Å². The van der Waals surface area contributed by atoms with Crippen LogP contribution in [0, 0.1) is 0 Å². The lowest BCUT2D eigenvalue weighted by Crippen LogP contribution is -2.32. The van der Waals surface area contributed by atoms with E-state index in [4.69, 9.17) is 15.2 Å². The van der Waals surface area contributed by atoms with Crippen molar-refractivity contribution in [2.24, 2.45) is 5.73 Å². The summed E-state index contributed by atoms with van der Waals surface area (Å²) in [5, 5.41) is 2.34. The predicted molar refractivity (Wildman–Crippen MR) is 88.4 cm³/mol. The molecule has 0 aromatic heterocycles. The second kappa shape index (κ2) is 10.0. The standard InChI is InChI=1S/C17H22N2O5/c1-12(5-3-4-6-16(21)19-11-15(18)20)7-8-13-9-10-14(23-2)17(22)24-13/h3-7,10,13H,8-9,11H2,1-2H3,(H2,18,20)(H,19,21)/b5-3-,6-4-,12-7+/t13-/m1/s1. The Bertz CT molecular complexity index is 602. The average Bonchev–Trinajstić information content (AvgIpc) is 2.55. The van der Waals surface area contributed by atoms with Crippen LogP contribution in [-0.2, 0) is 23.9 Å². The van der Waals surface area contributed by atoms with Crippen LogP contribution in [0.1, 0.15) is 19.8 Å². The van der Waals surface area contributed by atoms with Gasteiger partial charge in [-0.15, -0.1) is 0 Å². The molecule has 2 amide bonds. The van der Waals surface area contributed by atoms with Crippen LogP contribution in [0.5, 0.6) is 0 Å². The minimum Gasteiger partial charge on any atom is -0.490 e. The summed E-state index contributed by atoms with van der Waals surface area (Å²) in [6, 6.07) is 0. The van der Waals surface area contributed by atoms with Gasteiger partial charge in [0.05, 0.1) is 13.7 Å². The van der Waals surface area contributed by atoms with E-state index in [2.05, 4.69) is 5.32 Å². The Hall–Kier alpha value is -2.83. The van der Waals surface area contributed by atoms with E-state index in [1.54, 1.807) is 18.2 Å². The normalized spacial score (nSPS) is 18.4. The van der Waals surface area contributed by atoms with Gasteiger partial charge in [0.2, 0.25) is 11.8 Å². The monoisotopic (exact) mass is 334 g/mol. The Morgan fingerprint density at radius 2 is 2.12 bits per heavy atom. The number of hydrogen-bond donors (Lipinski definition) is 2. The minimum atomic E-state index is -0.595. The van der Waals surface area contributed by atoms with Gasteiger partial charge in [0.15, 0.2) is 5.76 Å². The van der Waals surface area contributed by atoms with Gasteiger partial charge in [-0.3, -0.25) is 9.59 Å². The van der Waals surface area contributed by atoms with Crippen LogP contribution in [0.25, 0.3) is 0 Å². The second-order valence-corrected chi connectivity index (χ2v) is 5.12. The molecule has 7 nitrogen and oxygen atoms in total. The Balaban J connectivity index is 2.39. The molecule has 1 heterocycles. The molecule has 0 bridgehead atoms. The Kier molecular flexibility index (Phi) is 8.04. The number of hydrogen-bond acceptors (Lipinski definition) is 5. The molecule has 0 aromatic carbocycles. The molecule has 0 radical (unpaired) electrons. The first-order valence-corrected chi connectivity index (χ1v) is 7.45. The van der Waals surface area contributed by atoms with Crippen molar-refractivity contribution < 1.29 is 23.9 Å². The molecule has 130 valence electrons. The van der Waals surface area contributed by atoms with Crippen LogP contribution in [0.2, 0.25) is 0 Å². The third-order valence-corrected chi connectivity index (χ3v) is 3.12. The van der Waals surface area contributed by atoms with Crippen LogP contribution >= 0.6 is 0 Å². The number of carbonyl (C=O) groups is 3. The van der Waals surface area contributed by atoms with Crippen LogP contribution in [0.4, 0.5) is 0 Å². The first kappa shape index (κ1) is 19.2. The number of nitrogens with two attached hydrogens (primary N) is 1. The Morgan fingerprint density at radius 3 is 2.75 bits per heavy atom. The lowest BCUT2D eigenvalue weighted by atomic mass is 10.1. The van der Waals surface area contributed by atoms with Crippen molar-refractivity contribution >= 4 is 17.8 Å². The summed E-state index contributed by atoms with van der Waals surface area (Å²) in [5.74, 6) is -1.19. The Labute approximate surface area is 140 Å². The quantitative estimate of drug-likeness (QED) is 0.389. The summed E-state index contributed by atoms with van der Waals surface area (Å²) in [6.45, 7) is 1.71. The van der Waals surface area contributed by atoms with Crippen LogP contribution in [-0.4, -0.2) is 37.5 Å². The molecule has 7 heteroatoms. The largest absolute Gasteiger partial charge is 0.490 e. The van der Waals surface area contributed by atoms with Gasteiger partial charge < -0.3 is 20.5 Å². The smallest absolute Gasteiger partial charge is 0.373 e. The molecule has 1 aliphatic heterocycles. The number of rotatable bonds is 8. The van der Waals surface area contributed by atoms with E-state index < -0.39 is 17.8 Å². The summed E-state index contributed by atoms with van der Waals surface area (Å²) in [6.07, 6.45) is 11.1. The van der Waals surface area contributed by atoms with Crippen molar-refractivity contribution in [1.29, 1.82) is 0 Å². The van der Waals surface area contributed by atoms with Crippen molar-refractivity contribution in [1.82, 2.24) is 5.32 Å². The van der Waals surface area contributed by atoms with Gasteiger partial charge in [-0.05, 0) is 13.0 Å². The SMILES string of the molecule is COC1=CC[C@@H](C/C=C(C)/C=C\C=C/C(=O)NCC(N)=O)OC1=O. The van der Waals surface area contributed by atoms with E-state index in [1.165, 1.54) is 13.2 Å². The zero-order chi connectivity index (χ0) is 17.9. The van der Waals surface area contributed by atoms with Gasteiger partial charge in [0.1, 0.15) is 6.10 Å². The maximum absolute atomic E-state index is 11.5. The van der Waals surface area contributed by atoms with E-state index in [9.17, 15) is 14.4 Å². The number of carbonyl (C=O) groups excluding carboxylic acids is 3. The molecular weight excluding hydrogens is 312 g/mol. The van der Waals surface area contributed by atoms with E-state index in [1.807, 2.05) is 19.1 Å². The summed E-state index contributed by atoms with van der Waals surface area (Å²) >= 11 is 0. The molecule has 0 saturated carbocycles. The predicted octanol–water partition coefficient (Wildman–Crippen LogP) is 0.882. The van der Waals surface area contributed by atoms with Crippen molar-refractivity contribution in [3.63, 3.8) is 0 Å². The first-order chi connectivity index (χ1) is 11.4. The zero-order valence-electron chi connectivity index (χ0n) is 13.8. The molecule has 0 saturated heterocycles. The summed E-state index contributed by atoms with van der Waals surface area (Å²) < 4.78 is 10.1. The first-order valence-electron chi connectivity index (χ1n) is 7.45. The van der Waals surface area contributed by atoms with Crippen LogP contribution in [0.15, 0.2) is 47.8 Å². The van der Waals surface area contributed by atoms with Crippen molar-refractivity contribution in [3.05, 3.63) is 47.8 Å². The topological polar surface area (TPSA) is 108 Å². The fraction of sp³-hybridized carbons (Fsp3) is 0.353. The van der Waals surface area contributed by atoms with Gasteiger partial charge in [-0.1, -0.05) is 29.9 Å².